The van der Waals surface area contributed by atoms with Gasteiger partial charge in [-0.2, -0.15) is 9.97 Å². The van der Waals surface area contributed by atoms with Crippen LogP contribution in [0.4, 0.5) is 5.13 Å². The number of hydrogen-bond donors (Lipinski definition) is 0. The Morgan fingerprint density at radius 2 is 1.97 bits per heavy atom. The molecule has 0 N–H and O–H groups in total. The number of nitrogens with zero attached hydrogens (tertiary/aromatic N) is 5. The zero-order valence-electron chi connectivity index (χ0n) is 17.8. The zero-order valence-corrected chi connectivity index (χ0v) is 18.6. The van der Waals surface area contributed by atoms with Gasteiger partial charge in [-0.3, -0.25) is 14.7 Å². The first-order chi connectivity index (χ1) is 15.6. The van der Waals surface area contributed by atoms with Gasteiger partial charge in [0.25, 0.3) is 5.91 Å². The Balaban J connectivity index is 1.80. The molecule has 0 saturated heterocycles. The van der Waals surface area contributed by atoms with Crippen LogP contribution in [0.2, 0.25) is 0 Å². The number of para-hydroxylation sites is 1. The second kappa shape index (κ2) is 9.56. The number of rotatable bonds is 8. The van der Waals surface area contributed by atoms with E-state index < -0.39 is 0 Å². The van der Waals surface area contributed by atoms with Crippen molar-refractivity contribution in [1.82, 2.24) is 19.9 Å². The predicted octanol–water partition coefficient (Wildman–Crippen LogP) is 3.74. The highest BCUT2D eigenvalue weighted by molar-refractivity contribution is 7.22. The van der Waals surface area contributed by atoms with Crippen LogP contribution >= 0.6 is 11.3 Å². The standard InChI is InChI=1S/C22H21N5O4S/c1-4-31-16-8-5-9-17-19(16)26-22(32-17)27(13-14-7-6-10-23-12-14)20(28)15-11-18(29-2)25-21(24-15)30-3/h5-12H,4,13H2,1-3H3. The third kappa shape index (κ3) is 4.45. The quantitative estimate of drug-likeness (QED) is 0.399. The third-order valence-electron chi connectivity index (χ3n) is 4.50. The summed E-state index contributed by atoms with van der Waals surface area (Å²) >= 11 is 1.40. The zero-order chi connectivity index (χ0) is 22.5. The number of amides is 1. The van der Waals surface area contributed by atoms with Crippen molar-refractivity contribution in [3.8, 4) is 17.6 Å². The topological polar surface area (TPSA) is 99.6 Å². The number of carbonyl (C=O) groups is 1. The SMILES string of the molecule is CCOc1cccc2sc(N(Cc3cccnc3)C(=O)c3cc(OC)nc(OC)n3)nc12. The minimum atomic E-state index is -0.370. The molecule has 4 aromatic rings. The first kappa shape index (κ1) is 21.4. The number of anilines is 1. The lowest BCUT2D eigenvalue weighted by atomic mass is 10.2. The molecule has 0 saturated carbocycles. The van der Waals surface area contributed by atoms with Gasteiger partial charge < -0.3 is 14.2 Å². The van der Waals surface area contributed by atoms with Crippen LogP contribution in [0.15, 0.2) is 48.8 Å². The Labute approximate surface area is 188 Å². The summed E-state index contributed by atoms with van der Waals surface area (Å²) in [6.07, 6.45) is 3.39. The van der Waals surface area contributed by atoms with Crippen molar-refractivity contribution in [1.29, 1.82) is 0 Å². The van der Waals surface area contributed by atoms with Gasteiger partial charge in [-0.25, -0.2) is 4.98 Å². The highest BCUT2D eigenvalue weighted by Gasteiger charge is 2.25. The Kier molecular flexibility index (Phi) is 6.41. The number of benzene rings is 1. The van der Waals surface area contributed by atoms with E-state index in [1.165, 1.54) is 31.6 Å². The smallest absolute Gasteiger partial charge is 0.320 e. The average Bonchev–Trinajstić information content (AvgIpc) is 3.27. The molecule has 164 valence electrons. The number of pyridine rings is 1. The molecule has 0 fully saturated rings. The van der Waals surface area contributed by atoms with Crippen LogP contribution < -0.4 is 19.1 Å². The molecule has 3 heterocycles. The summed E-state index contributed by atoms with van der Waals surface area (Å²) in [4.78, 5) is 32.3. The molecule has 0 aliphatic rings. The Morgan fingerprint density at radius 3 is 2.69 bits per heavy atom. The summed E-state index contributed by atoms with van der Waals surface area (Å²) < 4.78 is 17.0. The first-order valence-corrected chi connectivity index (χ1v) is 10.6. The summed E-state index contributed by atoms with van der Waals surface area (Å²) in [6.45, 7) is 2.69. The summed E-state index contributed by atoms with van der Waals surface area (Å²) in [5.41, 5.74) is 1.68. The molecular formula is C22H21N5O4S. The predicted molar refractivity (Wildman–Crippen MR) is 121 cm³/mol. The molecule has 32 heavy (non-hydrogen) atoms. The van der Waals surface area contributed by atoms with E-state index in [4.69, 9.17) is 19.2 Å². The number of fused-ring (bicyclic) bond motifs is 1. The van der Waals surface area contributed by atoms with E-state index in [0.29, 0.717) is 23.0 Å². The molecule has 0 spiro atoms. The Bertz CT molecular complexity index is 1210. The van der Waals surface area contributed by atoms with Crippen LogP contribution in [-0.4, -0.2) is 46.7 Å². The van der Waals surface area contributed by atoms with Gasteiger partial charge in [0.05, 0.1) is 32.1 Å². The number of aromatic nitrogens is 4. The van der Waals surface area contributed by atoms with Crippen LogP contribution in [0, 0.1) is 0 Å². The summed E-state index contributed by atoms with van der Waals surface area (Å²) in [7, 11) is 2.89. The third-order valence-corrected chi connectivity index (χ3v) is 5.55. The lowest BCUT2D eigenvalue weighted by Crippen LogP contribution is -2.31. The van der Waals surface area contributed by atoms with E-state index in [0.717, 1.165) is 10.3 Å². The molecular weight excluding hydrogens is 430 g/mol. The molecule has 1 aromatic carbocycles. The summed E-state index contributed by atoms with van der Waals surface area (Å²) in [6, 6.07) is 10.9. The van der Waals surface area contributed by atoms with Crippen molar-refractivity contribution in [3.05, 3.63) is 60.0 Å². The van der Waals surface area contributed by atoms with Crippen LogP contribution in [-0.2, 0) is 6.54 Å². The molecule has 0 radical (unpaired) electrons. The number of methoxy groups -OCH3 is 2. The molecule has 1 amide bonds. The van der Waals surface area contributed by atoms with E-state index in [9.17, 15) is 4.79 Å². The molecule has 0 bridgehead atoms. The molecule has 0 atom stereocenters. The minimum Gasteiger partial charge on any atom is -0.492 e. The lowest BCUT2D eigenvalue weighted by Gasteiger charge is -2.19. The number of hydrogen-bond acceptors (Lipinski definition) is 9. The largest absolute Gasteiger partial charge is 0.492 e. The van der Waals surface area contributed by atoms with Crippen LogP contribution in [0.3, 0.4) is 0 Å². The van der Waals surface area contributed by atoms with E-state index in [2.05, 4.69) is 15.0 Å². The van der Waals surface area contributed by atoms with Gasteiger partial charge in [0.1, 0.15) is 17.0 Å². The highest BCUT2D eigenvalue weighted by Crippen LogP contribution is 2.35. The molecule has 0 aliphatic heterocycles. The van der Waals surface area contributed by atoms with Crippen molar-refractivity contribution < 1.29 is 19.0 Å². The van der Waals surface area contributed by atoms with Crippen LogP contribution in [0.1, 0.15) is 23.0 Å². The summed E-state index contributed by atoms with van der Waals surface area (Å²) in [5, 5.41) is 0.512. The first-order valence-electron chi connectivity index (χ1n) is 9.83. The maximum atomic E-state index is 13.6. The highest BCUT2D eigenvalue weighted by atomic mass is 32.1. The van der Waals surface area contributed by atoms with Gasteiger partial charge in [0.2, 0.25) is 5.88 Å². The normalized spacial score (nSPS) is 10.7. The number of carbonyl (C=O) groups excluding carboxylic acids is 1. The van der Waals surface area contributed by atoms with E-state index in [-0.39, 0.29) is 30.0 Å². The number of thiazole rings is 1. The Hall–Kier alpha value is -3.79. The van der Waals surface area contributed by atoms with E-state index >= 15 is 0 Å². The molecule has 9 nitrogen and oxygen atoms in total. The van der Waals surface area contributed by atoms with Gasteiger partial charge in [0, 0.05) is 18.5 Å². The van der Waals surface area contributed by atoms with Gasteiger partial charge in [0.15, 0.2) is 5.13 Å². The number of ether oxygens (including phenoxy) is 3. The van der Waals surface area contributed by atoms with E-state index in [1.54, 1.807) is 17.3 Å². The fourth-order valence-corrected chi connectivity index (χ4v) is 4.03. The van der Waals surface area contributed by atoms with Crippen molar-refractivity contribution in [2.24, 2.45) is 0 Å². The molecule has 0 unspecified atom stereocenters. The fraction of sp³-hybridized carbons (Fsp3) is 0.227. The molecule has 4 rings (SSSR count). The molecule has 3 aromatic heterocycles. The fourth-order valence-electron chi connectivity index (χ4n) is 3.05. The molecule has 10 heteroatoms. The van der Waals surface area contributed by atoms with Crippen LogP contribution in [0.25, 0.3) is 10.2 Å². The van der Waals surface area contributed by atoms with Crippen LogP contribution in [0.5, 0.6) is 17.6 Å². The maximum Gasteiger partial charge on any atom is 0.320 e. The van der Waals surface area contributed by atoms with Crippen molar-refractivity contribution >= 4 is 32.6 Å². The van der Waals surface area contributed by atoms with Gasteiger partial charge in [-0.1, -0.05) is 23.5 Å². The average molecular weight is 452 g/mol. The second-order valence-electron chi connectivity index (χ2n) is 6.57. The Morgan fingerprint density at radius 1 is 1.09 bits per heavy atom. The lowest BCUT2D eigenvalue weighted by molar-refractivity contribution is 0.0978. The second-order valence-corrected chi connectivity index (χ2v) is 7.58. The minimum absolute atomic E-state index is 0.0389. The van der Waals surface area contributed by atoms with E-state index in [1.807, 2.05) is 37.3 Å². The van der Waals surface area contributed by atoms with Crippen molar-refractivity contribution in [3.63, 3.8) is 0 Å². The summed E-state index contributed by atoms with van der Waals surface area (Å²) in [5.74, 6) is 0.529. The van der Waals surface area contributed by atoms with Gasteiger partial charge in [-0.15, -0.1) is 0 Å². The van der Waals surface area contributed by atoms with Crippen molar-refractivity contribution in [2.75, 3.05) is 25.7 Å². The maximum absolute atomic E-state index is 13.6. The van der Waals surface area contributed by atoms with Crippen molar-refractivity contribution in [2.45, 2.75) is 13.5 Å². The molecule has 0 aliphatic carbocycles. The monoisotopic (exact) mass is 451 g/mol. The van der Waals surface area contributed by atoms with Gasteiger partial charge in [-0.05, 0) is 30.7 Å². The van der Waals surface area contributed by atoms with Gasteiger partial charge >= 0.3 is 6.01 Å².